The molecule has 0 spiro atoms. The molecular formula is C13H17NO2. The Morgan fingerprint density at radius 3 is 2.56 bits per heavy atom. The van der Waals surface area contributed by atoms with Gasteiger partial charge in [0, 0.05) is 24.7 Å². The number of methoxy groups -OCH3 is 2. The maximum atomic E-state index is 5.21. The van der Waals surface area contributed by atoms with Crippen LogP contribution in [0.2, 0.25) is 0 Å². The highest BCUT2D eigenvalue weighted by Gasteiger charge is 2.03. The average molecular weight is 219 g/mol. The molecule has 0 aliphatic carbocycles. The van der Waals surface area contributed by atoms with Crippen LogP contribution in [0.1, 0.15) is 13.3 Å². The zero-order chi connectivity index (χ0) is 11.8. The van der Waals surface area contributed by atoms with Crippen LogP contribution >= 0.6 is 0 Å². The second-order valence-electron chi connectivity index (χ2n) is 3.17. The number of benzene rings is 1. The van der Waals surface area contributed by atoms with E-state index in [4.69, 9.17) is 9.47 Å². The Hall–Kier alpha value is -1.82. The largest absolute Gasteiger partial charge is 0.493 e. The minimum Gasteiger partial charge on any atom is -0.493 e. The summed E-state index contributed by atoms with van der Waals surface area (Å²) in [7, 11) is 3.26. The standard InChI is InChI=1S/C13H17NO2/c1-4-5-6-9-14-11-7-8-12(15-2)13(10-11)16-3/h7-8,10,14H,6,9H2,1-3H3. The van der Waals surface area contributed by atoms with Crippen LogP contribution in [-0.2, 0) is 0 Å². The van der Waals surface area contributed by atoms with E-state index in [2.05, 4.69) is 17.2 Å². The van der Waals surface area contributed by atoms with E-state index in [9.17, 15) is 0 Å². The number of nitrogens with one attached hydrogen (secondary N) is 1. The van der Waals surface area contributed by atoms with E-state index >= 15 is 0 Å². The molecule has 0 atom stereocenters. The summed E-state index contributed by atoms with van der Waals surface area (Å²) in [6.45, 7) is 2.67. The van der Waals surface area contributed by atoms with Crippen molar-refractivity contribution in [2.45, 2.75) is 13.3 Å². The molecule has 1 aromatic rings. The predicted molar refractivity (Wildman–Crippen MR) is 66.1 cm³/mol. The molecule has 86 valence electrons. The summed E-state index contributed by atoms with van der Waals surface area (Å²) in [4.78, 5) is 0. The summed E-state index contributed by atoms with van der Waals surface area (Å²) in [5.41, 5.74) is 1.01. The maximum absolute atomic E-state index is 5.21. The van der Waals surface area contributed by atoms with Gasteiger partial charge in [0.25, 0.3) is 0 Å². The molecule has 3 heteroatoms. The molecule has 0 aliphatic rings. The lowest BCUT2D eigenvalue weighted by atomic mass is 10.2. The van der Waals surface area contributed by atoms with E-state index in [1.54, 1.807) is 14.2 Å². The molecule has 0 unspecified atom stereocenters. The third-order valence-electron chi connectivity index (χ3n) is 2.14. The first-order valence-electron chi connectivity index (χ1n) is 5.17. The Balaban J connectivity index is 2.63. The molecule has 0 heterocycles. The quantitative estimate of drug-likeness (QED) is 0.609. The van der Waals surface area contributed by atoms with Crippen LogP contribution in [0, 0.1) is 11.8 Å². The molecule has 0 saturated carbocycles. The third-order valence-corrected chi connectivity index (χ3v) is 2.14. The topological polar surface area (TPSA) is 30.5 Å². The van der Waals surface area contributed by atoms with Gasteiger partial charge in [0.05, 0.1) is 14.2 Å². The lowest BCUT2D eigenvalue weighted by molar-refractivity contribution is 0.355. The van der Waals surface area contributed by atoms with Gasteiger partial charge in [0.1, 0.15) is 0 Å². The van der Waals surface area contributed by atoms with Crippen molar-refractivity contribution in [3.63, 3.8) is 0 Å². The van der Waals surface area contributed by atoms with Crippen LogP contribution in [0.25, 0.3) is 0 Å². The summed E-state index contributed by atoms with van der Waals surface area (Å²) in [6.07, 6.45) is 0.838. The number of hydrogen-bond acceptors (Lipinski definition) is 3. The Morgan fingerprint density at radius 1 is 1.19 bits per heavy atom. The van der Waals surface area contributed by atoms with Gasteiger partial charge in [-0.25, -0.2) is 0 Å². The summed E-state index contributed by atoms with van der Waals surface area (Å²) in [6, 6.07) is 5.76. The van der Waals surface area contributed by atoms with Crippen LogP contribution in [0.15, 0.2) is 18.2 Å². The maximum Gasteiger partial charge on any atom is 0.162 e. The Morgan fingerprint density at radius 2 is 1.94 bits per heavy atom. The fourth-order valence-corrected chi connectivity index (χ4v) is 1.34. The van der Waals surface area contributed by atoms with E-state index < -0.39 is 0 Å². The molecule has 1 rings (SSSR count). The first-order valence-corrected chi connectivity index (χ1v) is 5.17. The molecule has 0 fully saturated rings. The summed E-state index contributed by atoms with van der Waals surface area (Å²) in [5.74, 6) is 7.33. The number of hydrogen-bond donors (Lipinski definition) is 1. The Kier molecular flexibility index (Phi) is 5.07. The summed E-state index contributed by atoms with van der Waals surface area (Å²) >= 11 is 0. The SMILES string of the molecule is CC#CCCNc1ccc(OC)c(OC)c1. The van der Waals surface area contributed by atoms with Crippen molar-refractivity contribution in [2.24, 2.45) is 0 Å². The van der Waals surface area contributed by atoms with E-state index in [0.717, 1.165) is 30.2 Å². The fraction of sp³-hybridized carbons (Fsp3) is 0.385. The highest BCUT2D eigenvalue weighted by Crippen LogP contribution is 2.29. The monoisotopic (exact) mass is 219 g/mol. The van der Waals surface area contributed by atoms with Crippen LogP contribution in [0.3, 0.4) is 0 Å². The Labute approximate surface area is 96.8 Å². The normalized spacial score (nSPS) is 8.94. The van der Waals surface area contributed by atoms with Gasteiger partial charge in [0.2, 0.25) is 0 Å². The molecule has 0 aromatic heterocycles. The van der Waals surface area contributed by atoms with Gasteiger partial charge in [-0.1, -0.05) is 0 Å². The van der Waals surface area contributed by atoms with Crippen molar-refractivity contribution in [3.8, 4) is 23.3 Å². The second-order valence-corrected chi connectivity index (χ2v) is 3.17. The van der Waals surface area contributed by atoms with Crippen molar-refractivity contribution in [1.82, 2.24) is 0 Å². The number of anilines is 1. The first kappa shape index (κ1) is 12.3. The summed E-state index contributed by atoms with van der Waals surface area (Å²) < 4.78 is 10.4. The average Bonchev–Trinajstić information content (AvgIpc) is 2.34. The summed E-state index contributed by atoms with van der Waals surface area (Å²) in [5, 5.41) is 3.27. The number of rotatable bonds is 5. The molecule has 0 bridgehead atoms. The van der Waals surface area contributed by atoms with Gasteiger partial charge >= 0.3 is 0 Å². The van der Waals surface area contributed by atoms with E-state index in [1.165, 1.54) is 0 Å². The molecule has 1 aromatic carbocycles. The van der Waals surface area contributed by atoms with Crippen molar-refractivity contribution >= 4 is 5.69 Å². The van der Waals surface area contributed by atoms with Crippen molar-refractivity contribution in [3.05, 3.63) is 18.2 Å². The number of ether oxygens (including phenoxy) is 2. The van der Waals surface area contributed by atoms with Crippen molar-refractivity contribution in [2.75, 3.05) is 26.1 Å². The highest BCUT2D eigenvalue weighted by atomic mass is 16.5. The Bertz CT molecular complexity index is 391. The molecule has 0 saturated heterocycles. The molecule has 0 radical (unpaired) electrons. The molecule has 0 amide bonds. The second kappa shape index (κ2) is 6.62. The lowest BCUT2D eigenvalue weighted by Crippen LogP contribution is -2.01. The van der Waals surface area contributed by atoms with E-state index in [1.807, 2.05) is 25.1 Å². The van der Waals surface area contributed by atoms with Gasteiger partial charge in [-0.15, -0.1) is 11.8 Å². The van der Waals surface area contributed by atoms with Gasteiger partial charge in [0.15, 0.2) is 11.5 Å². The lowest BCUT2D eigenvalue weighted by Gasteiger charge is -2.10. The van der Waals surface area contributed by atoms with Crippen LogP contribution in [0.4, 0.5) is 5.69 Å². The molecule has 1 N–H and O–H groups in total. The third kappa shape index (κ3) is 3.39. The van der Waals surface area contributed by atoms with Gasteiger partial charge in [-0.3, -0.25) is 0 Å². The van der Waals surface area contributed by atoms with Crippen molar-refractivity contribution < 1.29 is 9.47 Å². The molecule has 3 nitrogen and oxygen atoms in total. The molecule has 0 aliphatic heterocycles. The zero-order valence-corrected chi connectivity index (χ0v) is 9.96. The smallest absolute Gasteiger partial charge is 0.162 e. The first-order chi connectivity index (χ1) is 7.81. The van der Waals surface area contributed by atoms with Crippen LogP contribution < -0.4 is 14.8 Å². The molecule has 16 heavy (non-hydrogen) atoms. The van der Waals surface area contributed by atoms with Gasteiger partial charge in [-0.2, -0.15) is 0 Å². The van der Waals surface area contributed by atoms with Crippen LogP contribution in [0.5, 0.6) is 11.5 Å². The minimum atomic E-state index is 0.731. The molecular weight excluding hydrogens is 202 g/mol. The van der Waals surface area contributed by atoms with Crippen molar-refractivity contribution in [1.29, 1.82) is 0 Å². The van der Waals surface area contributed by atoms with Gasteiger partial charge < -0.3 is 14.8 Å². The fourth-order valence-electron chi connectivity index (χ4n) is 1.34. The minimum absolute atomic E-state index is 0.731. The van der Waals surface area contributed by atoms with E-state index in [-0.39, 0.29) is 0 Å². The van der Waals surface area contributed by atoms with Gasteiger partial charge in [-0.05, 0) is 19.1 Å². The highest BCUT2D eigenvalue weighted by molar-refractivity contribution is 5.54. The zero-order valence-electron chi connectivity index (χ0n) is 9.96. The predicted octanol–water partition coefficient (Wildman–Crippen LogP) is 2.53. The van der Waals surface area contributed by atoms with E-state index in [0.29, 0.717) is 0 Å². The van der Waals surface area contributed by atoms with Crippen LogP contribution in [-0.4, -0.2) is 20.8 Å².